The molecule has 2 N–H and O–H groups in total. The molecule has 0 aromatic carbocycles. The van der Waals surface area contributed by atoms with Gasteiger partial charge in [-0.1, -0.05) is 45.4 Å². The van der Waals surface area contributed by atoms with Gasteiger partial charge in [-0.25, -0.2) is 0 Å². The third kappa shape index (κ3) is 3.08. The van der Waals surface area contributed by atoms with Crippen molar-refractivity contribution in [3.63, 3.8) is 0 Å². The van der Waals surface area contributed by atoms with Gasteiger partial charge in [0.15, 0.2) is 0 Å². The fourth-order valence-corrected chi connectivity index (χ4v) is 4.22. The topological polar surface area (TPSA) is 29.3 Å². The monoisotopic (exact) mass is 252 g/mol. The summed E-state index contributed by atoms with van der Waals surface area (Å²) in [6, 6.07) is 0.800. The molecule has 2 rings (SSSR count). The predicted octanol–water partition coefficient (Wildman–Crippen LogP) is 3.69. The molecule has 2 aliphatic rings. The molecule has 2 heteroatoms. The first-order valence-electron chi connectivity index (χ1n) is 8.29. The molecule has 1 saturated heterocycles. The largest absolute Gasteiger partial charge is 0.329 e. The minimum Gasteiger partial charge on any atom is -0.329 e. The zero-order valence-electron chi connectivity index (χ0n) is 12.3. The molecule has 0 radical (unpaired) electrons. The van der Waals surface area contributed by atoms with Crippen molar-refractivity contribution in [3.8, 4) is 0 Å². The maximum absolute atomic E-state index is 6.26. The lowest BCUT2D eigenvalue weighted by molar-refractivity contribution is 0.0351. The first kappa shape index (κ1) is 14.3. The van der Waals surface area contributed by atoms with E-state index in [1.807, 2.05) is 0 Å². The van der Waals surface area contributed by atoms with Gasteiger partial charge in [0.1, 0.15) is 0 Å². The maximum atomic E-state index is 6.26. The van der Waals surface area contributed by atoms with Crippen LogP contribution >= 0.6 is 0 Å². The van der Waals surface area contributed by atoms with Crippen LogP contribution in [0.15, 0.2) is 0 Å². The van der Waals surface area contributed by atoms with E-state index < -0.39 is 0 Å². The van der Waals surface area contributed by atoms with Crippen LogP contribution in [0.3, 0.4) is 0 Å². The van der Waals surface area contributed by atoms with E-state index in [-0.39, 0.29) is 0 Å². The molecule has 0 bridgehead atoms. The Morgan fingerprint density at radius 3 is 2.28 bits per heavy atom. The van der Waals surface area contributed by atoms with Gasteiger partial charge in [0, 0.05) is 18.1 Å². The van der Waals surface area contributed by atoms with E-state index in [1.165, 1.54) is 77.2 Å². The number of hydrogen-bond acceptors (Lipinski definition) is 2. The summed E-state index contributed by atoms with van der Waals surface area (Å²) in [5.74, 6) is 0. The summed E-state index contributed by atoms with van der Waals surface area (Å²) in [5, 5.41) is 0. The summed E-state index contributed by atoms with van der Waals surface area (Å²) >= 11 is 0. The van der Waals surface area contributed by atoms with Crippen LogP contribution in [0.5, 0.6) is 0 Å². The molecule has 1 aliphatic carbocycles. The minimum absolute atomic E-state index is 0.349. The normalized spacial score (nSPS) is 30.7. The Morgan fingerprint density at radius 1 is 1.00 bits per heavy atom. The maximum Gasteiger partial charge on any atom is 0.0334 e. The molecule has 0 aromatic rings. The smallest absolute Gasteiger partial charge is 0.0334 e. The molecule has 0 aromatic heterocycles. The van der Waals surface area contributed by atoms with E-state index in [1.54, 1.807) is 0 Å². The SMILES string of the molecule is CCC1CCCCCN1C1(CN)CCCCCC1. The van der Waals surface area contributed by atoms with Gasteiger partial charge in [-0.3, -0.25) is 4.90 Å². The summed E-state index contributed by atoms with van der Waals surface area (Å²) in [6.45, 7) is 4.54. The van der Waals surface area contributed by atoms with E-state index >= 15 is 0 Å². The lowest BCUT2D eigenvalue weighted by Crippen LogP contribution is -2.57. The molecule has 1 saturated carbocycles. The number of nitrogens with zero attached hydrogens (tertiary/aromatic N) is 1. The Hall–Kier alpha value is -0.0800. The number of hydrogen-bond donors (Lipinski definition) is 1. The molecular formula is C16H32N2. The highest BCUT2D eigenvalue weighted by atomic mass is 15.2. The van der Waals surface area contributed by atoms with E-state index in [4.69, 9.17) is 5.73 Å². The molecule has 18 heavy (non-hydrogen) atoms. The highest BCUT2D eigenvalue weighted by Gasteiger charge is 2.39. The quantitative estimate of drug-likeness (QED) is 0.776. The van der Waals surface area contributed by atoms with Crippen molar-refractivity contribution in [2.75, 3.05) is 13.1 Å². The van der Waals surface area contributed by atoms with Gasteiger partial charge in [-0.2, -0.15) is 0 Å². The molecule has 0 amide bonds. The van der Waals surface area contributed by atoms with Crippen molar-refractivity contribution in [2.24, 2.45) is 5.73 Å². The van der Waals surface area contributed by atoms with E-state index in [0.29, 0.717) is 5.54 Å². The fraction of sp³-hybridized carbons (Fsp3) is 1.00. The van der Waals surface area contributed by atoms with Crippen LogP contribution in [0, 0.1) is 0 Å². The molecule has 0 spiro atoms. The number of rotatable bonds is 3. The molecule has 1 heterocycles. The van der Waals surface area contributed by atoms with Gasteiger partial charge in [-0.15, -0.1) is 0 Å². The second-order valence-electron chi connectivity index (χ2n) is 6.45. The Balaban J connectivity index is 2.15. The Bertz CT molecular complexity index is 231. The molecular weight excluding hydrogens is 220 g/mol. The lowest BCUT2D eigenvalue weighted by Gasteiger charge is -2.47. The number of likely N-dealkylation sites (tertiary alicyclic amines) is 1. The molecule has 2 fully saturated rings. The summed E-state index contributed by atoms with van der Waals surface area (Å²) < 4.78 is 0. The minimum atomic E-state index is 0.349. The highest BCUT2D eigenvalue weighted by Crippen LogP contribution is 2.36. The Kier molecular flexibility index (Phi) is 5.50. The molecule has 106 valence electrons. The van der Waals surface area contributed by atoms with Gasteiger partial charge in [0.25, 0.3) is 0 Å². The van der Waals surface area contributed by atoms with Crippen molar-refractivity contribution >= 4 is 0 Å². The van der Waals surface area contributed by atoms with Crippen LogP contribution in [0.1, 0.15) is 77.6 Å². The van der Waals surface area contributed by atoms with Gasteiger partial charge >= 0.3 is 0 Å². The summed E-state index contributed by atoms with van der Waals surface area (Å²) in [7, 11) is 0. The molecule has 1 atom stereocenters. The third-order valence-electron chi connectivity index (χ3n) is 5.37. The van der Waals surface area contributed by atoms with Gasteiger partial charge in [0.2, 0.25) is 0 Å². The van der Waals surface area contributed by atoms with Crippen LogP contribution in [-0.4, -0.2) is 29.6 Å². The highest BCUT2D eigenvalue weighted by molar-refractivity contribution is 4.96. The van der Waals surface area contributed by atoms with E-state index in [9.17, 15) is 0 Å². The zero-order valence-corrected chi connectivity index (χ0v) is 12.3. The predicted molar refractivity (Wildman–Crippen MR) is 78.7 cm³/mol. The first-order chi connectivity index (χ1) is 8.82. The second kappa shape index (κ2) is 6.91. The van der Waals surface area contributed by atoms with Crippen LogP contribution < -0.4 is 5.73 Å². The van der Waals surface area contributed by atoms with Crippen molar-refractivity contribution in [3.05, 3.63) is 0 Å². The second-order valence-corrected chi connectivity index (χ2v) is 6.45. The van der Waals surface area contributed by atoms with Crippen LogP contribution in [0.25, 0.3) is 0 Å². The van der Waals surface area contributed by atoms with Crippen molar-refractivity contribution in [2.45, 2.75) is 89.1 Å². The van der Waals surface area contributed by atoms with Crippen LogP contribution in [0.4, 0.5) is 0 Å². The first-order valence-corrected chi connectivity index (χ1v) is 8.29. The standard InChI is InChI=1S/C16H32N2/c1-2-15-10-6-5-9-13-18(15)16(14-17)11-7-3-4-8-12-16/h15H,2-14,17H2,1H3. The van der Waals surface area contributed by atoms with Crippen LogP contribution in [-0.2, 0) is 0 Å². The van der Waals surface area contributed by atoms with E-state index in [0.717, 1.165) is 12.6 Å². The summed E-state index contributed by atoms with van der Waals surface area (Å²) in [5.41, 5.74) is 6.61. The molecule has 2 nitrogen and oxygen atoms in total. The fourth-order valence-electron chi connectivity index (χ4n) is 4.22. The third-order valence-corrected chi connectivity index (χ3v) is 5.37. The Morgan fingerprint density at radius 2 is 1.67 bits per heavy atom. The average Bonchev–Trinajstić information content (AvgIpc) is 2.79. The number of nitrogens with two attached hydrogens (primary N) is 1. The summed E-state index contributed by atoms with van der Waals surface area (Å²) in [6.07, 6.45) is 15.3. The zero-order chi connectivity index (χ0) is 12.8. The lowest BCUT2D eigenvalue weighted by atomic mass is 9.86. The van der Waals surface area contributed by atoms with Crippen molar-refractivity contribution in [1.29, 1.82) is 0 Å². The van der Waals surface area contributed by atoms with Gasteiger partial charge in [-0.05, 0) is 38.6 Å². The molecule has 1 unspecified atom stereocenters. The van der Waals surface area contributed by atoms with Crippen LogP contribution in [0.2, 0.25) is 0 Å². The van der Waals surface area contributed by atoms with Crippen molar-refractivity contribution in [1.82, 2.24) is 4.90 Å². The average molecular weight is 252 g/mol. The van der Waals surface area contributed by atoms with Gasteiger partial charge < -0.3 is 5.73 Å². The Labute approximate surface area is 113 Å². The van der Waals surface area contributed by atoms with E-state index in [2.05, 4.69) is 11.8 Å². The summed E-state index contributed by atoms with van der Waals surface area (Å²) in [4.78, 5) is 2.85. The molecule has 1 aliphatic heterocycles. The van der Waals surface area contributed by atoms with Crippen molar-refractivity contribution < 1.29 is 0 Å². The van der Waals surface area contributed by atoms with Gasteiger partial charge in [0.05, 0.1) is 0 Å².